The Morgan fingerprint density at radius 1 is 1.50 bits per heavy atom. The zero-order chi connectivity index (χ0) is 12.0. The molecule has 4 nitrogen and oxygen atoms in total. The lowest BCUT2D eigenvalue weighted by molar-refractivity contribution is 0.184. The molecule has 0 aromatic heterocycles. The Labute approximate surface area is 93.5 Å². The van der Waals surface area contributed by atoms with Crippen molar-refractivity contribution in [3.63, 3.8) is 0 Å². The van der Waals surface area contributed by atoms with Crippen molar-refractivity contribution in [2.75, 3.05) is 11.9 Å². The van der Waals surface area contributed by atoms with Gasteiger partial charge in [0.05, 0.1) is 11.8 Å². The van der Waals surface area contributed by atoms with E-state index in [0.29, 0.717) is 13.0 Å². The summed E-state index contributed by atoms with van der Waals surface area (Å²) in [5.74, 6) is -0.479. The maximum Gasteiger partial charge on any atom is 0.319 e. The SMILES string of the molecule is C[C@H](O)CCNC(=O)Nc1ccccc1F. The molecule has 1 aromatic rings. The van der Waals surface area contributed by atoms with Crippen molar-refractivity contribution >= 4 is 11.7 Å². The van der Waals surface area contributed by atoms with E-state index in [2.05, 4.69) is 10.6 Å². The average molecular weight is 226 g/mol. The molecule has 0 radical (unpaired) electrons. The Kier molecular flexibility index (Phi) is 4.72. The molecule has 0 saturated carbocycles. The molecule has 0 bridgehead atoms. The molecule has 5 heteroatoms. The molecule has 0 unspecified atom stereocenters. The maximum absolute atomic E-state index is 13.1. The van der Waals surface area contributed by atoms with Crippen LogP contribution in [0.5, 0.6) is 0 Å². The van der Waals surface area contributed by atoms with E-state index in [4.69, 9.17) is 5.11 Å². The van der Waals surface area contributed by atoms with Gasteiger partial charge in [0, 0.05) is 6.54 Å². The molecule has 16 heavy (non-hydrogen) atoms. The van der Waals surface area contributed by atoms with E-state index < -0.39 is 18.0 Å². The Bertz CT molecular complexity index is 356. The van der Waals surface area contributed by atoms with Crippen LogP contribution in [0.15, 0.2) is 24.3 Å². The molecule has 0 saturated heterocycles. The standard InChI is InChI=1S/C11H15FN2O2/c1-8(15)6-7-13-11(16)14-10-5-3-2-4-9(10)12/h2-5,8,15H,6-7H2,1H3,(H2,13,14,16)/t8-/m0/s1. The van der Waals surface area contributed by atoms with Crippen LogP contribution < -0.4 is 10.6 Å². The van der Waals surface area contributed by atoms with Gasteiger partial charge in [0.25, 0.3) is 0 Å². The lowest BCUT2D eigenvalue weighted by atomic mass is 10.3. The largest absolute Gasteiger partial charge is 0.393 e. The van der Waals surface area contributed by atoms with Gasteiger partial charge in [0.1, 0.15) is 5.82 Å². The van der Waals surface area contributed by atoms with Crippen LogP contribution in [0.25, 0.3) is 0 Å². The topological polar surface area (TPSA) is 61.4 Å². The third-order valence-corrected chi connectivity index (χ3v) is 1.97. The first kappa shape index (κ1) is 12.4. The Hall–Kier alpha value is -1.62. The second-order valence-corrected chi connectivity index (χ2v) is 3.50. The summed E-state index contributed by atoms with van der Waals surface area (Å²) in [6.07, 6.45) is -0.00112. The van der Waals surface area contributed by atoms with Crippen LogP contribution in [0.1, 0.15) is 13.3 Å². The van der Waals surface area contributed by atoms with Gasteiger partial charge >= 0.3 is 6.03 Å². The van der Waals surface area contributed by atoms with Gasteiger partial charge in [-0.2, -0.15) is 0 Å². The van der Waals surface area contributed by atoms with Crippen LogP contribution in [0.3, 0.4) is 0 Å². The number of hydrogen-bond donors (Lipinski definition) is 3. The number of aliphatic hydroxyl groups is 1. The summed E-state index contributed by atoms with van der Waals surface area (Å²) in [5.41, 5.74) is 0.136. The van der Waals surface area contributed by atoms with E-state index in [1.807, 2.05) is 0 Å². The van der Waals surface area contributed by atoms with E-state index in [9.17, 15) is 9.18 Å². The fourth-order valence-electron chi connectivity index (χ4n) is 1.12. The summed E-state index contributed by atoms with van der Waals surface area (Å²) < 4.78 is 13.1. The van der Waals surface area contributed by atoms with Crippen LogP contribution in [0, 0.1) is 5.82 Å². The van der Waals surface area contributed by atoms with Gasteiger partial charge in [-0.25, -0.2) is 9.18 Å². The number of halogens is 1. The molecular weight excluding hydrogens is 211 g/mol. The molecule has 1 aromatic carbocycles. The summed E-state index contributed by atoms with van der Waals surface area (Å²) in [6, 6.07) is 5.45. The normalized spacial score (nSPS) is 11.9. The minimum Gasteiger partial charge on any atom is -0.393 e. The Morgan fingerprint density at radius 2 is 2.19 bits per heavy atom. The Morgan fingerprint density at radius 3 is 2.81 bits per heavy atom. The molecule has 2 amide bonds. The zero-order valence-corrected chi connectivity index (χ0v) is 9.03. The fraction of sp³-hybridized carbons (Fsp3) is 0.364. The van der Waals surface area contributed by atoms with Crippen LogP contribution in [0.2, 0.25) is 0 Å². The quantitative estimate of drug-likeness (QED) is 0.732. The van der Waals surface area contributed by atoms with Crippen LogP contribution in [0.4, 0.5) is 14.9 Å². The smallest absolute Gasteiger partial charge is 0.319 e. The second-order valence-electron chi connectivity index (χ2n) is 3.50. The molecule has 0 aliphatic heterocycles. The summed E-state index contributed by atoms with van der Waals surface area (Å²) >= 11 is 0. The molecule has 3 N–H and O–H groups in total. The monoisotopic (exact) mass is 226 g/mol. The van der Waals surface area contributed by atoms with Crippen LogP contribution in [-0.4, -0.2) is 23.8 Å². The van der Waals surface area contributed by atoms with E-state index >= 15 is 0 Å². The van der Waals surface area contributed by atoms with Gasteiger partial charge in [0.15, 0.2) is 0 Å². The lowest BCUT2D eigenvalue weighted by Crippen LogP contribution is -2.31. The first-order valence-corrected chi connectivity index (χ1v) is 5.07. The second kappa shape index (κ2) is 6.07. The van der Waals surface area contributed by atoms with Gasteiger partial charge < -0.3 is 15.7 Å². The van der Waals surface area contributed by atoms with Crippen LogP contribution in [-0.2, 0) is 0 Å². The fourth-order valence-corrected chi connectivity index (χ4v) is 1.12. The van der Waals surface area contributed by atoms with Crippen molar-refractivity contribution in [3.8, 4) is 0 Å². The number of urea groups is 1. The molecule has 0 heterocycles. The number of anilines is 1. The summed E-state index contributed by atoms with van der Waals surface area (Å²) in [4.78, 5) is 11.3. The van der Waals surface area contributed by atoms with E-state index in [0.717, 1.165) is 0 Å². The van der Waals surface area contributed by atoms with Gasteiger partial charge in [-0.05, 0) is 25.5 Å². The summed E-state index contributed by atoms with van der Waals surface area (Å²) in [6.45, 7) is 1.98. The molecule has 1 atom stereocenters. The third-order valence-electron chi connectivity index (χ3n) is 1.97. The van der Waals surface area contributed by atoms with Gasteiger partial charge in [-0.3, -0.25) is 0 Å². The minimum atomic E-state index is -0.481. The number of carbonyl (C=O) groups excluding carboxylic acids is 1. The highest BCUT2D eigenvalue weighted by atomic mass is 19.1. The first-order valence-electron chi connectivity index (χ1n) is 5.07. The molecule has 0 spiro atoms. The van der Waals surface area contributed by atoms with Crippen LogP contribution >= 0.6 is 0 Å². The van der Waals surface area contributed by atoms with Crippen molar-refractivity contribution in [1.82, 2.24) is 5.32 Å². The first-order chi connectivity index (χ1) is 7.59. The van der Waals surface area contributed by atoms with Crippen molar-refractivity contribution in [2.24, 2.45) is 0 Å². The molecule has 0 aliphatic carbocycles. The molecule has 0 aliphatic rings. The number of benzene rings is 1. The highest BCUT2D eigenvalue weighted by Gasteiger charge is 2.05. The van der Waals surface area contributed by atoms with E-state index in [1.165, 1.54) is 12.1 Å². The number of para-hydroxylation sites is 1. The maximum atomic E-state index is 13.1. The number of rotatable bonds is 4. The summed E-state index contributed by atoms with van der Waals surface area (Å²) in [7, 11) is 0. The van der Waals surface area contributed by atoms with Crippen molar-refractivity contribution in [1.29, 1.82) is 0 Å². The number of amides is 2. The number of aliphatic hydroxyl groups excluding tert-OH is 1. The molecular formula is C11H15FN2O2. The van der Waals surface area contributed by atoms with Gasteiger partial charge in [-0.1, -0.05) is 12.1 Å². The lowest BCUT2D eigenvalue weighted by Gasteiger charge is -2.08. The Balaban J connectivity index is 2.37. The highest BCUT2D eigenvalue weighted by Crippen LogP contribution is 2.11. The third kappa shape index (κ3) is 4.27. The number of nitrogens with one attached hydrogen (secondary N) is 2. The molecule has 1 rings (SSSR count). The minimum absolute atomic E-state index is 0.136. The van der Waals surface area contributed by atoms with E-state index in [1.54, 1.807) is 19.1 Å². The van der Waals surface area contributed by atoms with Crippen molar-refractivity contribution < 1.29 is 14.3 Å². The highest BCUT2D eigenvalue weighted by molar-refractivity contribution is 5.89. The van der Waals surface area contributed by atoms with Crippen molar-refractivity contribution in [3.05, 3.63) is 30.1 Å². The van der Waals surface area contributed by atoms with Gasteiger partial charge in [0.2, 0.25) is 0 Å². The summed E-state index contributed by atoms with van der Waals surface area (Å²) in [5, 5.41) is 13.9. The number of carbonyl (C=O) groups is 1. The zero-order valence-electron chi connectivity index (χ0n) is 9.03. The average Bonchev–Trinajstić information content (AvgIpc) is 2.21. The van der Waals surface area contributed by atoms with E-state index in [-0.39, 0.29) is 5.69 Å². The van der Waals surface area contributed by atoms with Gasteiger partial charge in [-0.15, -0.1) is 0 Å². The predicted octanol–water partition coefficient (Wildman–Crippen LogP) is 1.72. The number of hydrogen-bond acceptors (Lipinski definition) is 2. The van der Waals surface area contributed by atoms with Crippen molar-refractivity contribution in [2.45, 2.75) is 19.4 Å². The molecule has 88 valence electrons. The molecule has 0 fully saturated rings. The predicted molar refractivity (Wildman–Crippen MR) is 59.7 cm³/mol.